The van der Waals surface area contributed by atoms with Crippen LogP contribution in [-0.2, 0) is 0 Å². The van der Waals surface area contributed by atoms with Crippen LogP contribution < -0.4 is 10.5 Å². The zero-order valence-corrected chi connectivity index (χ0v) is 12.3. The van der Waals surface area contributed by atoms with E-state index in [0.717, 1.165) is 27.1 Å². The Kier molecular flexibility index (Phi) is 5.00. The highest BCUT2D eigenvalue weighted by atomic mass is 35.5. The summed E-state index contributed by atoms with van der Waals surface area (Å²) in [6.45, 7) is 2.69. The lowest BCUT2D eigenvalue weighted by Gasteiger charge is -2.07. The monoisotopic (exact) mass is 293 g/mol. The van der Waals surface area contributed by atoms with Gasteiger partial charge >= 0.3 is 0 Å². The summed E-state index contributed by atoms with van der Waals surface area (Å²) in [4.78, 5) is 0.995. The standard InChI is InChI=1S/C15H16ClNOS/c1-11-2-5-13(6-3-11)18-8-9-19-15-10-12(17)4-7-14(15)16/h2-7,10H,8-9,17H2,1H3. The van der Waals surface area contributed by atoms with Crippen LogP contribution in [0, 0.1) is 6.92 Å². The van der Waals surface area contributed by atoms with Gasteiger partial charge in [-0.3, -0.25) is 0 Å². The van der Waals surface area contributed by atoms with Crippen LogP contribution >= 0.6 is 23.4 Å². The van der Waals surface area contributed by atoms with Gasteiger partial charge < -0.3 is 10.5 Å². The van der Waals surface area contributed by atoms with E-state index in [4.69, 9.17) is 22.1 Å². The van der Waals surface area contributed by atoms with Crippen molar-refractivity contribution in [1.29, 1.82) is 0 Å². The second kappa shape index (κ2) is 6.73. The minimum absolute atomic E-state index is 0.638. The summed E-state index contributed by atoms with van der Waals surface area (Å²) in [5, 5.41) is 0.731. The Morgan fingerprint density at radius 2 is 1.89 bits per heavy atom. The number of hydrogen-bond acceptors (Lipinski definition) is 3. The number of anilines is 1. The highest BCUT2D eigenvalue weighted by molar-refractivity contribution is 7.99. The van der Waals surface area contributed by atoms with Gasteiger partial charge in [0.25, 0.3) is 0 Å². The molecular weight excluding hydrogens is 278 g/mol. The number of nitrogen functional groups attached to an aromatic ring is 1. The van der Waals surface area contributed by atoms with Crippen LogP contribution in [0.5, 0.6) is 5.75 Å². The average Bonchev–Trinajstić information content (AvgIpc) is 2.40. The van der Waals surface area contributed by atoms with E-state index in [2.05, 4.69) is 6.92 Å². The third kappa shape index (κ3) is 4.37. The van der Waals surface area contributed by atoms with Gasteiger partial charge in [-0.15, -0.1) is 11.8 Å². The number of halogens is 1. The summed E-state index contributed by atoms with van der Waals surface area (Å²) in [6.07, 6.45) is 0. The normalized spacial score (nSPS) is 10.4. The Morgan fingerprint density at radius 3 is 2.63 bits per heavy atom. The van der Waals surface area contributed by atoms with Crippen LogP contribution in [0.1, 0.15) is 5.56 Å². The highest BCUT2D eigenvalue weighted by Gasteiger charge is 2.02. The topological polar surface area (TPSA) is 35.2 Å². The molecule has 0 aliphatic rings. The molecule has 100 valence electrons. The predicted octanol–water partition coefficient (Wildman–Crippen LogP) is 4.40. The fraction of sp³-hybridized carbons (Fsp3) is 0.200. The number of hydrogen-bond donors (Lipinski definition) is 1. The average molecular weight is 294 g/mol. The summed E-state index contributed by atoms with van der Waals surface area (Å²) < 4.78 is 5.66. The molecule has 0 saturated carbocycles. The Hall–Kier alpha value is -1.32. The van der Waals surface area contributed by atoms with Crippen LogP contribution in [0.15, 0.2) is 47.4 Å². The molecule has 0 fully saturated rings. The third-order valence-corrected chi connectivity index (χ3v) is 4.05. The third-order valence-electron chi connectivity index (χ3n) is 2.59. The van der Waals surface area contributed by atoms with Crippen molar-refractivity contribution in [2.75, 3.05) is 18.1 Å². The Balaban J connectivity index is 1.80. The first-order valence-corrected chi connectivity index (χ1v) is 7.39. The van der Waals surface area contributed by atoms with Crippen molar-refractivity contribution in [3.05, 3.63) is 53.1 Å². The molecule has 0 aliphatic carbocycles. The molecule has 4 heteroatoms. The molecule has 0 amide bonds. The minimum atomic E-state index is 0.638. The maximum absolute atomic E-state index is 6.09. The van der Waals surface area contributed by atoms with Crippen LogP contribution in [0.4, 0.5) is 5.69 Å². The molecule has 2 nitrogen and oxygen atoms in total. The van der Waals surface area contributed by atoms with Gasteiger partial charge in [0.15, 0.2) is 0 Å². The van der Waals surface area contributed by atoms with E-state index >= 15 is 0 Å². The van der Waals surface area contributed by atoms with Crippen molar-refractivity contribution in [2.45, 2.75) is 11.8 Å². The lowest BCUT2D eigenvalue weighted by molar-refractivity contribution is 0.344. The van der Waals surface area contributed by atoms with Gasteiger partial charge in [-0.1, -0.05) is 29.3 Å². The first-order valence-electron chi connectivity index (χ1n) is 6.02. The number of thioether (sulfide) groups is 1. The van der Waals surface area contributed by atoms with Crippen molar-refractivity contribution in [2.24, 2.45) is 0 Å². The molecule has 2 aromatic rings. The van der Waals surface area contributed by atoms with E-state index < -0.39 is 0 Å². The fourth-order valence-corrected chi connectivity index (χ4v) is 2.67. The van der Waals surface area contributed by atoms with Crippen molar-refractivity contribution < 1.29 is 4.74 Å². The van der Waals surface area contributed by atoms with Crippen LogP contribution in [0.2, 0.25) is 5.02 Å². The number of ether oxygens (including phenoxy) is 1. The number of rotatable bonds is 5. The lowest BCUT2D eigenvalue weighted by atomic mass is 10.2. The van der Waals surface area contributed by atoms with Crippen molar-refractivity contribution in [3.63, 3.8) is 0 Å². The number of aryl methyl sites for hydroxylation is 1. The molecular formula is C15H16ClNOS. The molecule has 0 aliphatic heterocycles. The van der Waals surface area contributed by atoms with Crippen LogP contribution in [-0.4, -0.2) is 12.4 Å². The summed E-state index contributed by atoms with van der Waals surface area (Å²) >= 11 is 7.74. The van der Waals surface area contributed by atoms with E-state index in [1.165, 1.54) is 5.56 Å². The molecule has 2 N–H and O–H groups in total. The molecule has 0 saturated heterocycles. The molecule has 0 aromatic heterocycles. The quantitative estimate of drug-likeness (QED) is 0.504. The van der Waals surface area contributed by atoms with Crippen LogP contribution in [0.25, 0.3) is 0 Å². The van der Waals surface area contributed by atoms with Crippen molar-refractivity contribution in [1.82, 2.24) is 0 Å². The molecule has 0 atom stereocenters. The zero-order chi connectivity index (χ0) is 13.7. The Labute approximate surface area is 122 Å². The van der Waals surface area contributed by atoms with Gasteiger partial charge in [-0.2, -0.15) is 0 Å². The second-order valence-electron chi connectivity index (χ2n) is 4.20. The molecule has 0 heterocycles. The summed E-state index contributed by atoms with van der Waals surface area (Å²) in [5.41, 5.74) is 7.69. The van der Waals surface area contributed by atoms with E-state index in [-0.39, 0.29) is 0 Å². The van der Waals surface area contributed by atoms with Gasteiger partial charge in [-0.25, -0.2) is 0 Å². The first kappa shape index (κ1) is 14.1. The predicted molar refractivity (Wildman–Crippen MR) is 83.3 cm³/mol. The smallest absolute Gasteiger partial charge is 0.119 e. The van der Waals surface area contributed by atoms with E-state index in [1.54, 1.807) is 17.8 Å². The molecule has 0 unspecified atom stereocenters. The van der Waals surface area contributed by atoms with E-state index in [1.807, 2.05) is 36.4 Å². The maximum Gasteiger partial charge on any atom is 0.119 e. The Morgan fingerprint density at radius 1 is 1.16 bits per heavy atom. The van der Waals surface area contributed by atoms with Crippen molar-refractivity contribution in [3.8, 4) is 5.75 Å². The largest absolute Gasteiger partial charge is 0.493 e. The van der Waals surface area contributed by atoms with Gasteiger partial charge in [0.05, 0.1) is 11.6 Å². The van der Waals surface area contributed by atoms with Crippen molar-refractivity contribution >= 4 is 29.1 Å². The van der Waals surface area contributed by atoms with Gasteiger partial charge in [0.2, 0.25) is 0 Å². The maximum atomic E-state index is 6.09. The van der Waals surface area contributed by atoms with Gasteiger partial charge in [-0.05, 0) is 37.3 Å². The fourth-order valence-electron chi connectivity index (χ4n) is 1.58. The summed E-state index contributed by atoms with van der Waals surface area (Å²) in [6, 6.07) is 13.5. The molecule has 0 spiro atoms. The minimum Gasteiger partial charge on any atom is -0.493 e. The van der Waals surface area contributed by atoms with Crippen LogP contribution in [0.3, 0.4) is 0 Å². The van der Waals surface area contributed by atoms with E-state index in [0.29, 0.717) is 6.61 Å². The number of benzene rings is 2. The van der Waals surface area contributed by atoms with E-state index in [9.17, 15) is 0 Å². The molecule has 0 radical (unpaired) electrons. The molecule has 0 bridgehead atoms. The zero-order valence-electron chi connectivity index (χ0n) is 10.7. The SMILES string of the molecule is Cc1ccc(OCCSc2cc(N)ccc2Cl)cc1. The lowest BCUT2D eigenvalue weighted by Crippen LogP contribution is -2.00. The summed E-state index contributed by atoms with van der Waals surface area (Å²) in [5.74, 6) is 1.72. The molecule has 19 heavy (non-hydrogen) atoms. The Bertz CT molecular complexity index is 542. The first-order chi connectivity index (χ1) is 9.15. The molecule has 2 aromatic carbocycles. The van der Waals surface area contributed by atoms with Gasteiger partial charge in [0.1, 0.15) is 5.75 Å². The number of nitrogens with two attached hydrogens (primary N) is 1. The summed E-state index contributed by atoms with van der Waals surface area (Å²) in [7, 11) is 0. The molecule has 2 rings (SSSR count). The van der Waals surface area contributed by atoms with Gasteiger partial charge in [0, 0.05) is 16.3 Å². The second-order valence-corrected chi connectivity index (χ2v) is 5.74. The highest BCUT2D eigenvalue weighted by Crippen LogP contribution is 2.28.